The molecule has 1 atom stereocenters. The molecule has 1 unspecified atom stereocenters. The van der Waals surface area contributed by atoms with Crippen LogP contribution in [0.25, 0.3) is 5.69 Å². The number of hydrogen-bond donors (Lipinski definition) is 1. The standard InChI is InChI=1S/C15H20FN3/c1-4-12-9-13(5-2)19(18-12)15-7-6-11(10(3)17)8-14(15)16/h6-10H,4-5,17H2,1-3H3. The predicted octanol–water partition coefficient (Wildman–Crippen LogP) is 3.16. The first-order valence-corrected chi connectivity index (χ1v) is 6.70. The highest BCUT2D eigenvalue weighted by molar-refractivity contribution is 5.38. The molecule has 0 bridgehead atoms. The second kappa shape index (κ2) is 5.53. The van der Waals surface area contributed by atoms with E-state index >= 15 is 0 Å². The van der Waals surface area contributed by atoms with Gasteiger partial charge in [-0.25, -0.2) is 9.07 Å². The van der Waals surface area contributed by atoms with Crippen LogP contribution in [0.5, 0.6) is 0 Å². The third-order valence-corrected chi connectivity index (χ3v) is 3.28. The van der Waals surface area contributed by atoms with E-state index in [1.807, 2.05) is 32.9 Å². The molecule has 2 rings (SSSR count). The Labute approximate surface area is 113 Å². The van der Waals surface area contributed by atoms with E-state index in [9.17, 15) is 4.39 Å². The van der Waals surface area contributed by atoms with Crippen molar-refractivity contribution >= 4 is 0 Å². The SMILES string of the molecule is CCc1cc(CC)n(-c2ccc(C(C)N)cc2F)n1. The Hall–Kier alpha value is -1.68. The Morgan fingerprint density at radius 1 is 1.26 bits per heavy atom. The number of hydrogen-bond acceptors (Lipinski definition) is 2. The highest BCUT2D eigenvalue weighted by atomic mass is 19.1. The van der Waals surface area contributed by atoms with Gasteiger partial charge in [-0.2, -0.15) is 5.10 Å². The second-order valence-electron chi connectivity index (χ2n) is 4.75. The summed E-state index contributed by atoms with van der Waals surface area (Å²) in [6, 6.07) is 6.96. The number of aromatic nitrogens is 2. The van der Waals surface area contributed by atoms with Crippen molar-refractivity contribution in [2.45, 2.75) is 39.7 Å². The Bertz CT molecular complexity index is 573. The highest BCUT2D eigenvalue weighted by Gasteiger charge is 2.12. The van der Waals surface area contributed by atoms with Gasteiger partial charge in [0.05, 0.1) is 5.69 Å². The molecule has 0 saturated heterocycles. The molecule has 0 fully saturated rings. The quantitative estimate of drug-likeness (QED) is 0.918. The zero-order valence-corrected chi connectivity index (χ0v) is 11.7. The number of rotatable bonds is 4. The Kier molecular flexibility index (Phi) is 4.00. The van der Waals surface area contributed by atoms with Gasteiger partial charge in [0.25, 0.3) is 0 Å². The molecule has 102 valence electrons. The fourth-order valence-corrected chi connectivity index (χ4v) is 2.09. The maximum atomic E-state index is 14.2. The van der Waals surface area contributed by atoms with Gasteiger partial charge in [0.2, 0.25) is 0 Å². The summed E-state index contributed by atoms with van der Waals surface area (Å²) < 4.78 is 15.9. The number of benzene rings is 1. The van der Waals surface area contributed by atoms with Gasteiger partial charge in [0.1, 0.15) is 11.5 Å². The van der Waals surface area contributed by atoms with Crippen molar-refractivity contribution in [3.05, 3.63) is 47.0 Å². The number of nitrogens with zero attached hydrogens (tertiary/aromatic N) is 2. The van der Waals surface area contributed by atoms with Gasteiger partial charge in [-0.1, -0.05) is 19.9 Å². The molecule has 1 heterocycles. The third kappa shape index (κ3) is 2.68. The van der Waals surface area contributed by atoms with Crippen LogP contribution in [0.4, 0.5) is 4.39 Å². The van der Waals surface area contributed by atoms with Gasteiger partial charge >= 0.3 is 0 Å². The lowest BCUT2D eigenvalue weighted by Crippen LogP contribution is -2.08. The molecular weight excluding hydrogens is 241 g/mol. The fourth-order valence-electron chi connectivity index (χ4n) is 2.09. The largest absolute Gasteiger partial charge is 0.324 e. The molecule has 2 aromatic rings. The van der Waals surface area contributed by atoms with Crippen molar-refractivity contribution in [1.82, 2.24) is 9.78 Å². The van der Waals surface area contributed by atoms with Crippen molar-refractivity contribution < 1.29 is 4.39 Å². The van der Waals surface area contributed by atoms with Gasteiger partial charge in [0, 0.05) is 11.7 Å². The smallest absolute Gasteiger partial charge is 0.149 e. The van der Waals surface area contributed by atoms with E-state index in [-0.39, 0.29) is 11.9 Å². The lowest BCUT2D eigenvalue weighted by atomic mass is 10.1. The molecule has 2 N–H and O–H groups in total. The second-order valence-corrected chi connectivity index (χ2v) is 4.75. The van der Waals surface area contributed by atoms with Gasteiger partial charge in [-0.05, 0) is 43.5 Å². The topological polar surface area (TPSA) is 43.8 Å². The molecule has 0 spiro atoms. The fraction of sp³-hybridized carbons (Fsp3) is 0.400. The maximum Gasteiger partial charge on any atom is 0.149 e. The van der Waals surface area contributed by atoms with Crippen LogP contribution in [0.2, 0.25) is 0 Å². The van der Waals surface area contributed by atoms with Crippen molar-refractivity contribution in [3.63, 3.8) is 0 Å². The number of halogens is 1. The first-order valence-electron chi connectivity index (χ1n) is 6.70. The molecule has 0 aliphatic carbocycles. The van der Waals surface area contributed by atoms with E-state index in [1.165, 1.54) is 6.07 Å². The van der Waals surface area contributed by atoms with Crippen LogP contribution in [-0.2, 0) is 12.8 Å². The summed E-state index contributed by atoms with van der Waals surface area (Å²) in [4.78, 5) is 0. The molecule has 0 saturated carbocycles. The van der Waals surface area contributed by atoms with Gasteiger partial charge in [-0.3, -0.25) is 0 Å². The van der Waals surface area contributed by atoms with E-state index in [0.717, 1.165) is 29.8 Å². The summed E-state index contributed by atoms with van der Waals surface area (Å²) in [5.74, 6) is -0.282. The lowest BCUT2D eigenvalue weighted by molar-refractivity contribution is 0.601. The number of nitrogens with two attached hydrogens (primary N) is 1. The molecule has 0 radical (unpaired) electrons. The maximum absolute atomic E-state index is 14.2. The summed E-state index contributed by atoms with van der Waals surface area (Å²) >= 11 is 0. The average molecular weight is 261 g/mol. The van der Waals surface area contributed by atoms with E-state index in [1.54, 1.807) is 10.7 Å². The third-order valence-electron chi connectivity index (χ3n) is 3.28. The van der Waals surface area contributed by atoms with Crippen molar-refractivity contribution in [1.29, 1.82) is 0 Å². The molecule has 0 aliphatic rings. The predicted molar refractivity (Wildman–Crippen MR) is 74.9 cm³/mol. The van der Waals surface area contributed by atoms with Gasteiger partial charge in [0.15, 0.2) is 0 Å². The summed E-state index contributed by atoms with van der Waals surface area (Å²) in [7, 11) is 0. The molecular formula is C15H20FN3. The van der Waals surface area contributed by atoms with E-state index in [2.05, 4.69) is 5.10 Å². The highest BCUT2D eigenvalue weighted by Crippen LogP contribution is 2.20. The minimum atomic E-state index is -0.282. The van der Waals surface area contributed by atoms with E-state index in [0.29, 0.717) is 5.69 Å². The van der Waals surface area contributed by atoms with Gasteiger partial charge < -0.3 is 5.73 Å². The first-order chi connectivity index (χ1) is 9.06. The van der Waals surface area contributed by atoms with Crippen LogP contribution in [0.3, 0.4) is 0 Å². The van der Waals surface area contributed by atoms with E-state index in [4.69, 9.17) is 5.73 Å². The normalized spacial score (nSPS) is 12.7. The van der Waals surface area contributed by atoms with Crippen LogP contribution in [0, 0.1) is 5.82 Å². The average Bonchev–Trinajstić information content (AvgIpc) is 2.81. The Morgan fingerprint density at radius 2 is 2.00 bits per heavy atom. The Morgan fingerprint density at radius 3 is 2.53 bits per heavy atom. The molecule has 19 heavy (non-hydrogen) atoms. The summed E-state index contributed by atoms with van der Waals surface area (Å²) in [6.45, 7) is 5.93. The van der Waals surface area contributed by atoms with Crippen molar-refractivity contribution in [2.75, 3.05) is 0 Å². The Balaban J connectivity index is 2.49. The van der Waals surface area contributed by atoms with E-state index < -0.39 is 0 Å². The van der Waals surface area contributed by atoms with Crippen LogP contribution in [-0.4, -0.2) is 9.78 Å². The minimum absolute atomic E-state index is 0.169. The summed E-state index contributed by atoms with van der Waals surface area (Å²) in [5.41, 5.74) is 9.04. The zero-order valence-electron chi connectivity index (χ0n) is 11.7. The molecule has 3 nitrogen and oxygen atoms in total. The molecule has 0 aliphatic heterocycles. The van der Waals surface area contributed by atoms with Crippen molar-refractivity contribution in [3.8, 4) is 5.69 Å². The molecule has 4 heteroatoms. The van der Waals surface area contributed by atoms with Crippen LogP contribution in [0.15, 0.2) is 24.3 Å². The zero-order chi connectivity index (χ0) is 14.0. The molecule has 1 aromatic carbocycles. The van der Waals surface area contributed by atoms with Crippen molar-refractivity contribution in [2.24, 2.45) is 5.73 Å². The van der Waals surface area contributed by atoms with Crippen LogP contribution >= 0.6 is 0 Å². The van der Waals surface area contributed by atoms with Crippen LogP contribution < -0.4 is 5.73 Å². The lowest BCUT2D eigenvalue weighted by Gasteiger charge is -2.10. The summed E-state index contributed by atoms with van der Waals surface area (Å²) in [5, 5.41) is 4.45. The minimum Gasteiger partial charge on any atom is -0.324 e. The number of aryl methyl sites for hydroxylation is 2. The first kappa shape index (κ1) is 13.7. The molecule has 1 aromatic heterocycles. The monoisotopic (exact) mass is 261 g/mol. The molecule has 0 amide bonds. The summed E-state index contributed by atoms with van der Waals surface area (Å²) in [6.07, 6.45) is 1.67. The van der Waals surface area contributed by atoms with Crippen LogP contribution in [0.1, 0.15) is 43.8 Å². The van der Waals surface area contributed by atoms with Gasteiger partial charge in [-0.15, -0.1) is 0 Å².